The fraction of sp³-hybridized carbons (Fsp3) is 0.857. The van der Waals surface area contributed by atoms with Gasteiger partial charge in [-0.1, -0.05) is 25.7 Å². The van der Waals surface area contributed by atoms with E-state index in [4.69, 9.17) is 5.11 Å². The van der Waals surface area contributed by atoms with Crippen molar-refractivity contribution in [3.05, 3.63) is 0 Å². The first-order chi connectivity index (χ1) is 9.16. The Bertz CT molecular complexity index is 325. The summed E-state index contributed by atoms with van der Waals surface area (Å²) in [5.74, 6) is -0.389. The van der Waals surface area contributed by atoms with Crippen molar-refractivity contribution in [2.24, 2.45) is 5.92 Å². The molecular weight excluding hydrogens is 244 g/mol. The van der Waals surface area contributed by atoms with Crippen molar-refractivity contribution >= 4 is 11.9 Å². The first kappa shape index (κ1) is 14.3. The van der Waals surface area contributed by atoms with Crippen LogP contribution in [-0.2, 0) is 9.59 Å². The number of nitrogens with one attached hydrogen (secondary N) is 1. The lowest BCUT2D eigenvalue weighted by molar-refractivity contribution is -0.143. The summed E-state index contributed by atoms with van der Waals surface area (Å²) >= 11 is 0. The van der Waals surface area contributed by atoms with Crippen LogP contribution >= 0.6 is 0 Å². The smallest absolute Gasteiger partial charge is 0.305 e. The minimum Gasteiger partial charge on any atom is -0.481 e. The average molecular weight is 268 g/mol. The van der Waals surface area contributed by atoms with E-state index in [0.717, 1.165) is 13.1 Å². The van der Waals surface area contributed by atoms with Crippen LogP contribution in [0.5, 0.6) is 0 Å². The van der Waals surface area contributed by atoms with E-state index in [-0.39, 0.29) is 12.3 Å². The summed E-state index contributed by atoms with van der Waals surface area (Å²) in [4.78, 5) is 24.8. The summed E-state index contributed by atoms with van der Waals surface area (Å²) in [7, 11) is 0. The van der Waals surface area contributed by atoms with Gasteiger partial charge in [0.1, 0.15) is 0 Å². The van der Waals surface area contributed by atoms with Crippen LogP contribution < -0.4 is 5.32 Å². The highest BCUT2D eigenvalue weighted by Gasteiger charge is 2.32. The molecule has 5 heteroatoms. The van der Waals surface area contributed by atoms with Crippen molar-refractivity contribution < 1.29 is 14.7 Å². The molecule has 5 nitrogen and oxygen atoms in total. The normalized spacial score (nSPS) is 26.7. The summed E-state index contributed by atoms with van der Waals surface area (Å²) < 4.78 is 0. The quantitative estimate of drug-likeness (QED) is 0.752. The minimum atomic E-state index is -0.895. The minimum absolute atomic E-state index is 0.0848. The van der Waals surface area contributed by atoms with Crippen molar-refractivity contribution in [1.82, 2.24) is 10.2 Å². The zero-order valence-corrected chi connectivity index (χ0v) is 11.4. The third kappa shape index (κ3) is 4.20. The first-order valence-electron chi connectivity index (χ1n) is 7.40. The molecule has 1 aliphatic heterocycles. The molecule has 1 saturated carbocycles. The molecule has 1 saturated heterocycles. The molecule has 1 amide bonds. The summed E-state index contributed by atoms with van der Waals surface area (Å²) in [5, 5.41) is 11.7. The molecule has 0 aromatic carbocycles. The molecular formula is C14H24N2O3. The Balaban J connectivity index is 1.94. The maximum absolute atomic E-state index is 11.8. The van der Waals surface area contributed by atoms with Gasteiger partial charge >= 0.3 is 5.97 Å². The molecule has 1 heterocycles. The van der Waals surface area contributed by atoms with E-state index in [1.165, 1.54) is 38.5 Å². The molecule has 0 aromatic rings. The molecule has 0 radical (unpaired) electrons. The molecule has 1 unspecified atom stereocenters. The summed E-state index contributed by atoms with van der Waals surface area (Å²) in [6.45, 7) is 2.30. The molecule has 0 aromatic heterocycles. The van der Waals surface area contributed by atoms with Gasteiger partial charge < -0.3 is 10.4 Å². The summed E-state index contributed by atoms with van der Waals surface area (Å²) in [6, 6.07) is -0.477. The fourth-order valence-electron chi connectivity index (χ4n) is 3.25. The molecule has 108 valence electrons. The van der Waals surface area contributed by atoms with Crippen LogP contribution in [0.15, 0.2) is 0 Å². The summed E-state index contributed by atoms with van der Waals surface area (Å²) in [6.07, 6.45) is 7.53. The van der Waals surface area contributed by atoms with Crippen LogP contribution in [0.2, 0.25) is 0 Å². The van der Waals surface area contributed by atoms with Crippen LogP contribution in [0, 0.1) is 5.92 Å². The van der Waals surface area contributed by atoms with Crippen LogP contribution in [0.4, 0.5) is 0 Å². The number of amides is 1. The number of hydrogen-bond acceptors (Lipinski definition) is 3. The Morgan fingerprint density at radius 1 is 1.26 bits per heavy atom. The van der Waals surface area contributed by atoms with Crippen molar-refractivity contribution in [1.29, 1.82) is 0 Å². The number of rotatable bonds is 4. The number of carboxylic acid groups (broad SMARTS) is 1. The Labute approximate surface area is 114 Å². The second kappa shape index (κ2) is 6.89. The highest BCUT2D eigenvalue weighted by atomic mass is 16.4. The highest BCUT2D eigenvalue weighted by Crippen LogP contribution is 2.25. The largest absolute Gasteiger partial charge is 0.481 e. The number of carboxylic acids is 1. The van der Waals surface area contributed by atoms with Gasteiger partial charge in [-0.25, -0.2) is 0 Å². The topological polar surface area (TPSA) is 69.6 Å². The van der Waals surface area contributed by atoms with E-state index >= 15 is 0 Å². The second-order valence-electron chi connectivity index (χ2n) is 5.76. The van der Waals surface area contributed by atoms with Crippen molar-refractivity contribution in [3.8, 4) is 0 Å². The van der Waals surface area contributed by atoms with E-state index in [1.807, 2.05) is 0 Å². The van der Waals surface area contributed by atoms with Crippen LogP contribution in [0.1, 0.15) is 44.9 Å². The standard InChI is InChI=1S/C14H24N2O3/c17-13(18)9-12-14(19)15-7-8-16(12)10-11-5-3-1-2-4-6-11/h11-12H,1-10H2,(H,15,19)(H,17,18). The molecule has 0 bridgehead atoms. The SMILES string of the molecule is O=C(O)CC1C(=O)NCCN1CC1CCCCCC1. The number of hydrogen-bond donors (Lipinski definition) is 2. The number of nitrogens with zero attached hydrogens (tertiary/aromatic N) is 1. The molecule has 2 rings (SSSR count). The Kier molecular flexibility index (Phi) is 5.19. The van der Waals surface area contributed by atoms with Gasteiger partial charge in [0.25, 0.3) is 0 Å². The van der Waals surface area contributed by atoms with E-state index in [2.05, 4.69) is 10.2 Å². The number of carbonyl (C=O) groups is 2. The second-order valence-corrected chi connectivity index (χ2v) is 5.76. The third-order valence-corrected chi connectivity index (χ3v) is 4.28. The lowest BCUT2D eigenvalue weighted by Crippen LogP contribution is -2.56. The molecule has 19 heavy (non-hydrogen) atoms. The monoisotopic (exact) mass is 268 g/mol. The first-order valence-corrected chi connectivity index (χ1v) is 7.40. The van der Waals surface area contributed by atoms with Crippen molar-refractivity contribution in [3.63, 3.8) is 0 Å². The van der Waals surface area contributed by atoms with E-state index < -0.39 is 12.0 Å². The Morgan fingerprint density at radius 2 is 1.95 bits per heavy atom. The van der Waals surface area contributed by atoms with Crippen molar-refractivity contribution in [2.75, 3.05) is 19.6 Å². The zero-order chi connectivity index (χ0) is 13.7. The number of piperazine rings is 1. The van der Waals surface area contributed by atoms with Gasteiger partial charge in [0.05, 0.1) is 12.5 Å². The van der Waals surface area contributed by atoms with Gasteiger partial charge in [0, 0.05) is 19.6 Å². The van der Waals surface area contributed by atoms with E-state index in [9.17, 15) is 9.59 Å². The molecule has 1 aliphatic carbocycles. The van der Waals surface area contributed by atoms with E-state index in [1.54, 1.807) is 0 Å². The Morgan fingerprint density at radius 3 is 2.58 bits per heavy atom. The molecule has 1 atom stereocenters. The Hall–Kier alpha value is -1.10. The molecule has 0 spiro atoms. The van der Waals surface area contributed by atoms with Gasteiger partial charge in [0.15, 0.2) is 0 Å². The maximum Gasteiger partial charge on any atom is 0.305 e. The highest BCUT2D eigenvalue weighted by molar-refractivity contribution is 5.86. The van der Waals surface area contributed by atoms with Crippen LogP contribution in [0.25, 0.3) is 0 Å². The third-order valence-electron chi connectivity index (χ3n) is 4.28. The van der Waals surface area contributed by atoms with Crippen LogP contribution in [0.3, 0.4) is 0 Å². The molecule has 2 aliphatic rings. The predicted molar refractivity (Wildman–Crippen MR) is 71.8 cm³/mol. The number of aliphatic carboxylic acids is 1. The zero-order valence-electron chi connectivity index (χ0n) is 11.4. The average Bonchev–Trinajstić information content (AvgIpc) is 2.62. The molecule has 2 fully saturated rings. The van der Waals surface area contributed by atoms with Crippen molar-refractivity contribution in [2.45, 2.75) is 51.0 Å². The van der Waals surface area contributed by atoms with Crippen LogP contribution in [-0.4, -0.2) is 47.6 Å². The summed E-state index contributed by atoms with van der Waals surface area (Å²) in [5.41, 5.74) is 0. The lowest BCUT2D eigenvalue weighted by Gasteiger charge is -2.36. The number of carbonyl (C=O) groups excluding carboxylic acids is 1. The van der Waals surface area contributed by atoms with Gasteiger partial charge in [0.2, 0.25) is 5.91 Å². The maximum atomic E-state index is 11.8. The van der Waals surface area contributed by atoms with Gasteiger partial charge in [-0.2, -0.15) is 0 Å². The predicted octanol–water partition coefficient (Wildman–Crippen LogP) is 1.23. The molecule has 2 N–H and O–H groups in total. The van der Waals surface area contributed by atoms with Gasteiger partial charge in [-0.15, -0.1) is 0 Å². The fourth-order valence-corrected chi connectivity index (χ4v) is 3.25. The lowest BCUT2D eigenvalue weighted by atomic mass is 9.97. The van der Waals surface area contributed by atoms with Gasteiger partial charge in [-0.05, 0) is 18.8 Å². The van der Waals surface area contributed by atoms with E-state index in [0.29, 0.717) is 12.5 Å². The van der Waals surface area contributed by atoms with Gasteiger partial charge in [-0.3, -0.25) is 14.5 Å².